The monoisotopic (exact) mass is 280 g/mol. The standard InChI is InChI=1S/C15H20O5/c1-17-11-6-3-4-7-13(11)19-10-15(16)20-14-9-5-8-12(14)18-2/h3-4,6-7,12,14H,5,8-10H2,1-2H3/t12-,14-/m1/s1. The molecule has 0 radical (unpaired) electrons. The van der Waals surface area contributed by atoms with Crippen molar-refractivity contribution in [2.24, 2.45) is 0 Å². The van der Waals surface area contributed by atoms with Crippen molar-refractivity contribution in [2.45, 2.75) is 31.5 Å². The molecule has 0 saturated heterocycles. The number of para-hydroxylation sites is 2. The molecule has 0 bridgehead atoms. The number of rotatable bonds is 6. The number of benzene rings is 1. The molecule has 0 aromatic heterocycles. The van der Waals surface area contributed by atoms with Crippen molar-refractivity contribution >= 4 is 5.97 Å². The SMILES string of the molecule is COc1ccccc1OCC(=O)O[C@@H]1CCC[C@H]1OC. The average Bonchev–Trinajstić information content (AvgIpc) is 2.92. The van der Waals surface area contributed by atoms with Crippen molar-refractivity contribution in [1.82, 2.24) is 0 Å². The van der Waals surface area contributed by atoms with Gasteiger partial charge in [0.15, 0.2) is 18.1 Å². The van der Waals surface area contributed by atoms with Gasteiger partial charge in [-0.1, -0.05) is 12.1 Å². The Morgan fingerprint density at radius 2 is 1.85 bits per heavy atom. The Labute approximate surface area is 118 Å². The van der Waals surface area contributed by atoms with Crippen LogP contribution in [0.25, 0.3) is 0 Å². The lowest BCUT2D eigenvalue weighted by Gasteiger charge is -2.19. The van der Waals surface area contributed by atoms with E-state index in [1.54, 1.807) is 26.4 Å². The van der Waals surface area contributed by atoms with Crippen LogP contribution in [-0.2, 0) is 14.3 Å². The van der Waals surface area contributed by atoms with Gasteiger partial charge in [0, 0.05) is 7.11 Å². The summed E-state index contributed by atoms with van der Waals surface area (Å²) in [6.07, 6.45) is 2.64. The molecule has 20 heavy (non-hydrogen) atoms. The largest absolute Gasteiger partial charge is 0.493 e. The van der Waals surface area contributed by atoms with Gasteiger partial charge in [0.1, 0.15) is 6.10 Å². The first kappa shape index (κ1) is 14.7. The predicted molar refractivity (Wildman–Crippen MR) is 73.0 cm³/mol. The molecule has 2 rings (SSSR count). The number of methoxy groups -OCH3 is 2. The quantitative estimate of drug-likeness (QED) is 0.748. The summed E-state index contributed by atoms with van der Waals surface area (Å²) in [6, 6.07) is 7.19. The summed E-state index contributed by atoms with van der Waals surface area (Å²) in [5.74, 6) is 0.738. The van der Waals surface area contributed by atoms with Crippen LogP contribution in [0.15, 0.2) is 24.3 Å². The smallest absolute Gasteiger partial charge is 0.344 e. The minimum absolute atomic E-state index is 0.00483. The van der Waals surface area contributed by atoms with Crippen molar-refractivity contribution in [1.29, 1.82) is 0 Å². The number of esters is 1. The molecule has 0 spiro atoms. The Balaban J connectivity index is 1.83. The molecular weight excluding hydrogens is 260 g/mol. The topological polar surface area (TPSA) is 54.0 Å². The molecule has 0 aliphatic heterocycles. The third kappa shape index (κ3) is 3.63. The number of hydrogen-bond donors (Lipinski definition) is 0. The highest BCUT2D eigenvalue weighted by Gasteiger charge is 2.30. The van der Waals surface area contributed by atoms with Crippen LogP contribution in [0.3, 0.4) is 0 Å². The van der Waals surface area contributed by atoms with Crippen LogP contribution in [0.5, 0.6) is 11.5 Å². The van der Waals surface area contributed by atoms with Crippen LogP contribution in [0.4, 0.5) is 0 Å². The minimum atomic E-state index is -0.384. The van der Waals surface area contributed by atoms with E-state index in [-0.39, 0.29) is 24.8 Å². The Morgan fingerprint density at radius 1 is 1.15 bits per heavy atom. The fraction of sp³-hybridized carbons (Fsp3) is 0.533. The van der Waals surface area contributed by atoms with E-state index in [9.17, 15) is 4.79 Å². The van der Waals surface area contributed by atoms with Crippen molar-refractivity contribution < 1.29 is 23.7 Å². The summed E-state index contributed by atoms with van der Waals surface area (Å²) in [7, 11) is 3.20. The highest BCUT2D eigenvalue weighted by molar-refractivity contribution is 5.71. The van der Waals surface area contributed by atoms with Gasteiger partial charge >= 0.3 is 5.97 Å². The lowest BCUT2D eigenvalue weighted by atomic mass is 10.2. The number of carbonyl (C=O) groups excluding carboxylic acids is 1. The van der Waals surface area contributed by atoms with Crippen molar-refractivity contribution in [2.75, 3.05) is 20.8 Å². The van der Waals surface area contributed by atoms with E-state index < -0.39 is 0 Å². The van der Waals surface area contributed by atoms with Gasteiger partial charge < -0.3 is 18.9 Å². The summed E-state index contributed by atoms with van der Waals surface area (Å²) in [6.45, 7) is -0.132. The molecule has 0 N–H and O–H groups in total. The number of ether oxygens (including phenoxy) is 4. The molecule has 1 aromatic carbocycles. The van der Waals surface area contributed by atoms with Crippen LogP contribution >= 0.6 is 0 Å². The lowest BCUT2D eigenvalue weighted by Crippen LogP contribution is -2.29. The maximum absolute atomic E-state index is 11.8. The van der Waals surface area contributed by atoms with Gasteiger partial charge in [0.05, 0.1) is 13.2 Å². The molecule has 1 saturated carbocycles. The molecule has 1 fully saturated rings. The second kappa shape index (κ2) is 7.14. The average molecular weight is 280 g/mol. The molecule has 110 valence electrons. The van der Waals surface area contributed by atoms with Crippen LogP contribution in [0.2, 0.25) is 0 Å². The van der Waals surface area contributed by atoms with E-state index in [1.165, 1.54) is 0 Å². The zero-order chi connectivity index (χ0) is 14.4. The summed E-state index contributed by atoms with van der Waals surface area (Å²) in [5, 5.41) is 0. The molecule has 0 heterocycles. The zero-order valence-corrected chi connectivity index (χ0v) is 11.8. The molecule has 2 atom stereocenters. The molecule has 5 nitrogen and oxygen atoms in total. The van der Waals surface area contributed by atoms with Gasteiger partial charge in [-0.3, -0.25) is 0 Å². The fourth-order valence-corrected chi connectivity index (χ4v) is 2.37. The first-order chi connectivity index (χ1) is 9.74. The lowest BCUT2D eigenvalue weighted by molar-refractivity contribution is -0.156. The molecule has 0 amide bonds. The first-order valence-corrected chi connectivity index (χ1v) is 6.72. The summed E-state index contributed by atoms with van der Waals surface area (Å²) in [4.78, 5) is 11.8. The van der Waals surface area contributed by atoms with Crippen LogP contribution in [-0.4, -0.2) is 39.0 Å². The van der Waals surface area contributed by atoms with Gasteiger partial charge in [-0.25, -0.2) is 4.79 Å². The van der Waals surface area contributed by atoms with Crippen molar-refractivity contribution in [3.8, 4) is 11.5 Å². The molecule has 1 aliphatic carbocycles. The predicted octanol–water partition coefficient (Wildman–Crippen LogP) is 2.18. The van der Waals surface area contributed by atoms with E-state index in [4.69, 9.17) is 18.9 Å². The Hall–Kier alpha value is -1.75. The third-order valence-corrected chi connectivity index (χ3v) is 3.39. The van der Waals surface area contributed by atoms with E-state index >= 15 is 0 Å². The van der Waals surface area contributed by atoms with Gasteiger partial charge in [0.2, 0.25) is 0 Å². The maximum Gasteiger partial charge on any atom is 0.344 e. The Kier molecular flexibility index (Phi) is 5.24. The van der Waals surface area contributed by atoms with E-state index in [2.05, 4.69) is 0 Å². The minimum Gasteiger partial charge on any atom is -0.493 e. The van der Waals surface area contributed by atoms with E-state index in [0.717, 1.165) is 19.3 Å². The van der Waals surface area contributed by atoms with Gasteiger partial charge in [-0.05, 0) is 31.4 Å². The van der Waals surface area contributed by atoms with E-state index in [0.29, 0.717) is 11.5 Å². The molecular formula is C15H20O5. The normalized spacial score (nSPS) is 21.5. The van der Waals surface area contributed by atoms with Crippen molar-refractivity contribution in [3.05, 3.63) is 24.3 Å². The zero-order valence-electron chi connectivity index (χ0n) is 11.8. The molecule has 1 aliphatic rings. The fourth-order valence-electron chi connectivity index (χ4n) is 2.37. The second-order valence-electron chi connectivity index (χ2n) is 4.67. The summed E-state index contributed by atoms with van der Waals surface area (Å²) < 4.78 is 21.2. The molecule has 5 heteroatoms. The van der Waals surface area contributed by atoms with Crippen LogP contribution < -0.4 is 9.47 Å². The van der Waals surface area contributed by atoms with Gasteiger partial charge in [0.25, 0.3) is 0 Å². The Morgan fingerprint density at radius 3 is 2.55 bits per heavy atom. The van der Waals surface area contributed by atoms with Gasteiger partial charge in [-0.2, -0.15) is 0 Å². The van der Waals surface area contributed by atoms with Crippen LogP contribution in [0.1, 0.15) is 19.3 Å². The van der Waals surface area contributed by atoms with Gasteiger partial charge in [-0.15, -0.1) is 0 Å². The van der Waals surface area contributed by atoms with Crippen molar-refractivity contribution in [3.63, 3.8) is 0 Å². The first-order valence-electron chi connectivity index (χ1n) is 6.72. The van der Waals surface area contributed by atoms with Crippen LogP contribution in [0, 0.1) is 0 Å². The number of carbonyl (C=O) groups is 1. The van der Waals surface area contributed by atoms with E-state index in [1.807, 2.05) is 12.1 Å². The third-order valence-electron chi connectivity index (χ3n) is 3.39. The molecule has 1 aromatic rings. The molecule has 0 unspecified atom stereocenters. The summed E-state index contributed by atoms with van der Waals surface area (Å²) >= 11 is 0. The highest BCUT2D eigenvalue weighted by Crippen LogP contribution is 2.27. The maximum atomic E-state index is 11.8. The summed E-state index contributed by atoms with van der Waals surface area (Å²) in [5.41, 5.74) is 0. The number of hydrogen-bond acceptors (Lipinski definition) is 5. The highest BCUT2D eigenvalue weighted by atomic mass is 16.6. The second-order valence-corrected chi connectivity index (χ2v) is 4.67. The Bertz CT molecular complexity index is 446.